The van der Waals surface area contributed by atoms with Crippen LogP contribution < -0.4 is 17.9 Å². The molecule has 0 atom stereocenters. The van der Waals surface area contributed by atoms with Crippen molar-refractivity contribution in [3.63, 3.8) is 0 Å². The number of hydrogen-bond donors (Lipinski definition) is 3. The minimum Gasteiger partial charge on any atom is -0.506 e. The van der Waals surface area contributed by atoms with Gasteiger partial charge in [0.05, 0.1) is 19.6 Å². The van der Waals surface area contributed by atoms with Crippen molar-refractivity contribution in [1.29, 1.82) is 0 Å². The molecule has 0 radical (unpaired) electrons. The molecule has 156 valence electrons. The van der Waals surface area contributed by atoms with Crippen LogP contribution in [0.3, 0.4) is 0 Å². The minimum atomic E-state index is -4.04. The van der Waals surface area contributed by atoms with Gasteiger partial charge in [-0.15, -0.1) is 0 Å². The maximum Gasteiger partial charge on any atom is 0.330 e. The Labute approximate surface area is 167 Å². The molecule has 0 aliphatic carbocycles. The lowest BCUT2D eigenvalue weighted by molar-refractivity contribution is 0.392. The third kappa shape index (κ3) is 4.66. The number of anilines is 1. The van der Waals surface area contributed by atoms with Crippen LogP contribution in [0.1, 0.15) is 11.1 Å². The number of aliphatic hydroxyl groups excluding tert-OH is 1. The summed E-state index contributed by atoms with van der Waals surface area (Å²) in [5.74, 6) is -0.340. The molecule has 1 heterocycles. The summed E-state index contributed by atoms with van der Waals surface area (Å²) < 4.78 is 59.7. The summed E-state index contributed by atoms with van der Waals surface area (Å²) in [6, 6.07) is 8.85. The van der Waals surface area contributed by atoms with Crippen LogP contribution >= 0.6 is 0 Å². The van der Waals surface area contributed by atoms with Crippen molar-refractivity contribution in [2.24, 2.45) is 0 Å². The first kappa shape index (κ1) is 20.6. The molecule has 0 spiro atoms. The van der Waals surface area contributed by atoms with Gasteiger partial charge in [-0.2, -0.15) is 16.8 Å². The summed E-state index contributed by atoms with van der Waals surface area (Å²) in [5, 5.41) is 19.7. The van der Waals surface area contributed by atoms with E-state index in [-0.39, 0.29) is 23.6 Å². The highest BCUT2D eigenvalue weighted by Crippen LogP contribution is 2.34. The van der Waals surface area contributed by atoms with Crippen molar-refractivity contribution in [3.05, 3.63) is 59.6 Å². The molecule has 0 fully saturated rings. The number of aliphatic hydroxyl groups is 1. The lowest BCUT2D eigenvalue weighted by atomic mass is 10.0. The van der Waals surface area contributed by atoms with Crippen LogP contribution in [0, 0.1) is 0 Å². The normalized spacial score (nSPS) is 15.5. The predicted octanol–water partition coefficient (Wildman–Crippen LogP) is 1.34. The zero-order valence-corrected chi connectivity index (χ0v) is 17.0. The van der Waals surface area contributed by atoms with E-state index in [9.17, 15) is 27.0 Å². The van der Waals surface area contributed by atoms with Crippen molar-refractivity contribution >= 4 is 26.0 Å². The average Bonchev–Trinajstić information content (AvgIpc) is 2.87. The molecule has 10 nitrogen and oxygen atoms in total. The van der Waals surface area contributed by atoms with Gasteiger partial charge in [0.25, 0.3) is 0 Å². The van der Waals surface area contributed by atoms with E-state index in [4.69, 9.17) is 8.92 Å². The van der Waals surface area contributed by atoms with E-state index in [0.717, 1.165) is 12.5 Å². The summed E-state index contributed by atoms with van der Waals surface area (Å²) in [6.07, 6.45) is 2.02. The zero-order valence-electron chi connectivity index (χ0n) is 15.4. The fourth-order valence-corrected chi connectivity index (χ4v) is 4.29. The standard InChI is InChI=1S/C17H18N2O8S2/c1-26-13-4-6-16(27-28(2,22)23)12(9-13)7-11-3-5-14(15(20)8-11)19-10-17(21)18-29(19,24)25/h3-6,8-10,18,20-21H,7H2,1-2H3. The Kier molecular flexibility index (Phi) is 5.24. The van der Waals surface area contributed by atoms with Crippen LogP contribution in [0.15, 0.2) is 48.5 Å². The highest BCUT2D eigenvalue weighted by molar-refractivity contribution is 7.91. The fourth-order valence-electron chi connectivity index (χ4n) is 2.74. The number of ether oxygens (including phenoxy) is 1. The van der Waals surface area contributed by atoms with Gasteiger partial charge in [-0.3, -0.25) is 0 Å². The molecule has 0 saturated heterocycles. The summed E-state index contributed by atoms with van der Waals surface area (Å²) in [7, 11) is -6.34. The summed E-state index contributed by atoms with van der Waals surface area (Å²) in [4.78, 5) is 0. The fraction of sp³-hybridized carbons (Fsp3) is 0.176. The number of phenols is 1. The molecule has 1 aliphatic rings. The second-order valence-corrected chi connectivity index (χ2v) is 9.30. The second-order valence-electron chi connectivity index (χ2n) is 6.18. The van der Waals surface area contributed by atoms with Crippen LogP contribution in [-0.2, 0) is 26.7 Å². The molecular weight excluding hydrogens is 424 g/mol. The molecule has 3 rings (SSSR count). The van der Waals surface area contributed by atoms with Crippen molar-refractivity contribution in [3.8, 4) is 17.2 Å². The molecule has 0 bridgehead atoms. The van der Waals surface area contributed by atoms with Crippen LogP contribution in [0.2, 0.25) is 0 Å². The molecule has 0 amide bonds. The molecule has 1 aliphatic heterocycles. The summed E-state index contributed by atoms with van der Waals surface area (Å²) >= 11 is 0. The Morgan fingerprint density at radius 3 is 2.41 bits per heavy atom. The van der Waals surface area contributed by atoms with Crippen LogP contribution in [0.25, 0.3) is 0 Å². The Hall–Kier alpha value is -3.12. The maximum absolute atomic E-state index is 12.0. The molecule has 0 saturated carbocycles. The highest BCUT2D eigenvalue weighted by Gasteiger charge is 2.30. The molecule has 29 heavy (non-hydrogen) atoms. The molecule has 12 heteroatoms. The molecule has 0 unspecified atom stereocenters. The van der Waals surface area contributed by atoms with E-state index in [1.165, 1.54) is 25.3 Å². The Morgan fingerprint density at radius 1 is 1.14 bits per heavy atom. The minimum absolute atomic E-state index is 0.0662. The molecule has 2 aromatic carbocycles. The van der Waals surface area contributed by atoms with Gasteiger partial charge in [0.15, 0.2) is 0 Å². The topological polar surface area (TPSA) is 142 Å². The Bertz CT molecular complexity index is 1190. The number of nitrogens with one attached hydrogen (secondary N) is 1. The van der Waals surface area contributed by atoms with Crippen LogP contribution in [-0.4, -0.2) is 40.4 Å². The van der Waals surface area contributed by atoms with Gasteiger partial charge < -0.3 is 19.1 Å². The van der Waals surface area contributed by atoms with Crippen LogP contribution in [0.5, 0.6) is 17.2 Å². The molecule has 3 N–H and O–H groups in total. The van der Waals surface area contributed by atoms with Gasteiger partial charge in [0.2, 0.25) is 5.88 Å². The van der Waals surface area contributed by atoms with E-state index in [1.54, 1.807) is 18.2 Å². The zero-order chi connectivity index (χ0) is 21.4. The van der Waals surface area contributed by atoms with Crippen LogP contribution in [0.4, 0.5) is 5.69 Å². The molecule has 2 aromatic rings. The lowest BCUT2D eigenvalue weighted by Gasteiger charge is -2.16. The largest absolute Gasteiger partial charge is 0.506 e. The van der Waals surface area contributed by atoms with E-state index in [2.05, 4.69) is 0 Å². The van der Waals surface area contributed by atoms with Crippen molar-refractivity contribution in [1.82, 2.24) is 4.72 Å². The number of hydrogen-bond acceptors (Lipinski definition) is 8. The quantitative estimate of drug-likeness (QED) is 0.569. The van der Waals surface area contributed by atoms with Crippen molar-refractivity contribution in [2.45, 2.75) is 6.42 Å². The van der Waals surface area contributed by atoms with E-state index < -0.39 is 26.2 Å². The molecular formula is C17H18N2O8S2. The number of rotatable bonds is 6. The first-order valence-electron chi connectivity index (χ1n) is 8.10. The predicted molar refractivity (Wildman–Crippen MR) is 105 cm³/mol. The lowest BCUT2D eigenvalue weighted by Crippen LogP contribution is -2.29. The van der Waals surface area contributed by atoms with Gasteiger partial charge in [-0.05, 0) is 35.9 Å². The van der Waals surface area contributed by atoms with E-state index in [1.807, 2.05) is 4.72 Å². The first-order valence-corrected chi connectivity index (χ1v) is 11.4. The maximum atomic E-state index is 12.0. The van der Waals surface area contributed by atoms with Gasteiger partial charge in [0, 0.05) is 12.0 Å². The van der Waals surface area contributed by atoms with Crippen molar-refractivity contribution in [2.75, 3.05) is 17.7 Å². The average molecular weight is 442 g/mol. The number of phenolic OH excluding ortho intramolecular Hbond substituents is 1. The molecule has 0 aromatic heterocycles. The smallest absolute Gasteiger partial charge is 0.330 e. The third-order valence-electron chi connectivity index (χ3n) is 3.91. The number of benzene rings is 2. The van der Waals surface area contributed by atoms with Gasteiger partial charge in [-0.1, -0.05) is 6.07 Å². The van der Waals surface area contributed by atoms with Gasteiger partial charge in [0.1, 0.15) is 22.9 Å². The van der Waals surface area contributed by atoms with Gasteiger partial charge in [-0.25, -0.2) is 9.03 Å². The number of aromatic hydroxyl groups is 1. The third-order valence-corrected chi connectivity index (χ3v) is 5.68. The Balaban J connectivity index is 1.95. The second kappa shape index (κ2) is 7.37. The summed E-state index contributed by atoms with van der Waals surface area (Å²) in [5.41, 5.74) is 0.967. The monoisotopic (exact) mass is 442 g/mol. The number of methoxy groups -OCH3 is 1. The first-order chi connectivity index (χ1) is 13.5. The van der Waals surface area contributed by atoms with E-state index in [0.29, 0.717) is 21.2 Å². The van der Waals surface area contributed by atoms with Gasteiger partial charge >= 0.3 is 20.3 Å². The summed E-state index contributed by atoms with van der Waals surface area (Å²) in [6.45, 7) is 0. The highest BCUT2D eigenvalue weighted by atomic mass is 32.2. The SMILES string of the molecule is COc1ccc(OS(C)(=O)=O)c(Cc2ccc(N3C=C(O)NS3(=O)=O)c(O)c2)c1. The Morgan fingerprint density at radius 2 is 1.86 bits per heavy atom. The van der Waals surface area contributed by atoms with Crippen molar-refractivity contribution < 1.29 is 36.0 Å². The number of nitrogens with zero attached hydrogens (tertiary/aromatic N) is 1. The van der Waals surface area contributed by atoms with E-state index >= 15 is 0 Å².